The van der Waals surface area contributed by atoms with E-state index in [1.807, 2.05) is 0 Å². The molecule has 0 saturated carbocycles. The Bertz CT molecular complexity index is 399. The Balaban J connectivity index is 2.84. The number of aliphatic carboxylic acids is 1. The number of nitrogens with two attached hydrogens (primary N) is 1. The predicted molar refractivity (Wildman–Crippen MR) is 65.9 cm³/mol. The van der Waals surface area contributed by atoms with E-state index in [0.29, 0.717) is 5.56 Å². The average molecular weight is 255 g/mol. The minimum atomic E-state index is -1.26. The summed E-state index contributed by atoms with van der Waals surface area (Å²) in [4.78, 5) is 11.0. The number of carboxylic acid groups (broad SMARTS) is 1. The van der Waals surface area contributed by atoms with Gasteiger partial charge in [-0.15, -0.1) is 0 Å². The van der Waals surface area contributed by atoms with Crippen LogP contribution in [-0.2, 0) is 4.79 Å². The first-order chi connectivity index (χ1) is 8.06. The first-order valence-electron chi connectivity index (χ1n) is 4.79. The van der Waals surface area contributed by atoms with E-state index in [1.54, 1.807) is 30.3 Å². The van der Waals surface area contributed by atoms with Crippen molar-refractivity contribution in [3.05, 3.63) is 35.9 Å². The minimum Gasteiger partial charge on any atom is -0.480 e. The standard InChI is InChI=1S/C10H13N3O3S/c11-13-10(17)12-7(9(15)16)8(14)6-4-2-1-3-5-6/h1-5,7-8,14H,11H2,(H,15,16)(H2,12,13,17). The first kappa shape index (κ1) is 13.4. The van der Waals surface area contributed by atoms with Crippen LogP contribution in [0.2, 0.25) is 0 Å². The summed E-state index contributed by atoms with van der Waals surface area (Å²) in [5.41, 5.74) is 2.58. The van der Waals surface area contributed by atoms with Gasteiger partial charge in [0.1, 0.15) is 6.10 Å². The zero-order chi connectivity index (χ0) is 12.8. The molecular formula is C10H13N3O3S. The van der Waals surface area contributed by atoms with Crippen molar-refractivity contribution < 1.29 is 15.0 Å². The molecule has 0 aliphatic carbocycles. The zero-order valence-corrected chi connectivity index (χ0v) is 9.65. The molecule has 1 aromatic rings. The van der Waals surface area contributed by atoms with E-state index in [4.69, 9.17) is 23.2 Å². The van der Waals surface area contributed by atoms with Crippen molar-refractivity contribution in [2.24, 2.45) is 5.84 Å². The van der Waals surface area contributed by atoms with Crippen LogP contribution in [0.25, 0.3) is 0 Å². The number of aliphatic hydroxyl groups is 1. The van der Waals surface area contributed by atoms with Crippen molar-refractivity contribution in [3.63, 3.8) is 0 Å². The van der Waals surface area contributed by atoms with Gasteiger partial charge in [0.05, 0.1) is 0 Å². The molecule has 2 atom stereocenters. The number of aliphatic hydroxyl groups excluding tert-OH is 1. The summed E-state index contributed by atoms with van der Waals surface area (Å²) in [5, 5.41) is 21.3. The highest BCUT2D eigenvalue weighted by Gasteiger charge is 2.28. The number of benzene rings is 1. The molecular weight excluding hydrogens is 242 g/mol. The highest BCUT2D eigenvalue weighted by molar-refractivity contribution is 7.80. The molecule has 0 spiro atoms. The fourth-order valence-electron chi connectivity index (χ4n) is 1.30. The molecule has 0 saturated heterocycles. The maximum absolute atomic E-state index is 11.0. The number of hydrogen-bond acceptors (Lipinski definition) is 4. The third-order valence-electron chi connectivity index (χ3n) is 2.14. The van der Waals surface area contributed by atoms with Gasteiger partial charge in [0.2, 0.25) is 0 Å². The maximum Gasteiger partial charge on any atom is 0.329 e. The summed E-state index contributed by atoms with van der Waals surface area (Å²) < 4.78 is 0. The average Bonchev–Trinajstić information content (AvgIpc) is 2.35. The summed E-state index contributed by atoms with van der Waals surface area (Å²) in [6.45, 7) is 0. The SMILES string of the molecule is NNC(=S)NC(C(=O)O)C(O)c1ccccc1. The minimum absolute atomic E-state index is 0.0487. The Hall–Kier alpha value is -1.70. The lowest BCUT2D eigenvalue weighted by atomic mass is 10.0. The lowest BCUT2D eigenvalue weighted by Gasteiger charge is -2.21. The number of thiocarbonyl (C=S) groups is 1. The Morgan fingerprint density at radius 1 is 1.35 bits per heavy atom. The third-order valence-corrected chi connectivity index (χ3v) is 2.38. The van der Waals surface area contributed by atoms with E-state index in [1.165, 1.54) is 0 Å². The van der Waals surface area contributed by atoms with Crippen LogP contribution in [0.4, 0.5) is 0 Å². The number of carboxylic acids is 1. The van der Waals surface area contributed by atoms with Gasteiger partial charge in [0.25, 0.3) is 0 Å². The van der Waals surface area contributed by atoms with E-state index in [9.17, 15) is 9.90 Å². The summed E-state index contributed by atoms with van der Waals surface area (Å²) >= 11 is 4.70. The molecule has 7 heteroatoms. The molecule has 6 N–H and O–H groups in total. The second kappa shape index (κ2) is 6.14. The second-order valence-electron chi connectivity index (χ2n) is 3.29. The van der Waals surface area contributed by atoms with Gasteiger partial charge in [0, 0.05) is 0 Å². The van der Waals surface area contributed by atoms with E-state index < -0.39 is 18.1 Å². The van der Waals surface area contributed by atoms with Crippen LogP contribution in [0.1, 0.15) is 11.7 Å². The Morgan fingerprint density at radius 3 is 2.41 bits per heavy atom. The molecule has 17 heavy (non-hydrogen) atoms. The van der Waals surface area contributed by atoms with Gasteiger partial charge in [-0.25, -0.2) is 10.6 Å². The quantitative estimate of drug-likeness (QED) is 0.281. The fourth-order valence-corrected chi connectivity index (χ4v) is 1.43. The number of rotatable bonds is 4. The topological polar surface area (TPSA) is 108 Å². The van der Waals surface area contributed by atoms with Crippen molar-refractivity contribution in [1.29, 1.82) is 0 Å². The van der Waals surface area contributed by atoms with Gasteiger partial charge in [-0.2, -0.15) is 0 Å². The molecule has 1 rings (SSSR count). The molecule has 0 fully saturated rings. The first-order valence-corrected chi connectivity index (χ1v) is 5.20. The molecule has 0 heterocycles. The van der Waals surface area contributed by atoms with Gasteiger partial charge < -0.3 is 21.0 Å². The summed E-state index contributed by atoms with van der Waals surface area (Å²) in [6.07, 6.45) is -1.22. The molecule has 2 unspecified atom stereocenters. The zero-order valence-electron chi connectivity index (χ0n) is 8.83. The normalized spacial score (nSPS) is 13.5. The Labute approximate surface area is 103 Å². The third kappa shape index (κ3) is 3.66. The van der Waals surface area contributed by atoms with Crippen LogP contribution in [0, 0.1) is 0 Å². The highest BCUT2D eigenvalue weighted by Crippen LogP contribution is 2.16. The van der Waals surface area contributed by atoms with Gasteiger partial charge in [-0.05, 0) is 17.8 Å². The van der Waals surface area contributed by atoms with Crippen molar-refractivity contribution in [1.82, 2.24) is 10.7 Å². The Morgan fingerprint density at radius 2 is 1.94 bits per heavy atom. The fraction of sp³-hybridized carbons (Fsp3) is 0.200. The molecule has 0 radical (unpaired) electrons. The van der Waals surface area contributed by atoms with Crippen LogP contribution < -0.4 is 16.6 Å². The number of hydrogen-bond donors (Lipinski definition) is 5. The van der Waals surface area contributed by atoms with Crippen molar-refractivity contribution in [2.75, 3.05) is 0 Å². The second-order valence-corrected chi connectivity index (χ2v) is 3.70. The van der Waals surface area contributed by atoms with Gasteiger partial charge in [-0.1, -0.05) is 30.3 Å². The van der Waals surface area contributed by atoms with Gasteiger partial charge in [0.15, 0.2) is 11.2 Å². The maximum atomic E-state index is 11.0. The molecule has 0 amide bonds. The van der Waals surface area contributed by atoms with Gasteiger partial charge in [-0.3, -0.25) is 0 Å². The van der Waals surface area contributed by atoms with Crippen molar-refractivity contribution in [3.8, 4) is 0 Å². The van der Waals surface area contributed by atoms with Gasteiger partial charge >= 0.3 is 5.97 Å². The van der Waals surface area contributed by atoms with E-state index in [2.05, 4.69) is 10.7 Å². The monoisotopic (exact) mass is 255 g/mol. The van der Waals surface area contributed by atoms with Crippen LogP contribution >= 0.6 is 12.2 Å². The van der Waals surface area contributed by atoms with E-state index in [-0.39, 0.29) is 5.11 Å². The molecule has 1 aromatic carbocycles. The molecule has 0 aromatic heterocycles. The number of carbonyl (C=O) groups is 1. The molecule has 0 bridgehead atoms. The summed E-state index contributed by atoms with van der Waals surface area (Å²) in [6, 6.07) is 7.17. The van der Waals surface area contributed by atoms with Crippen LogP contribution in [0.5, 0.6) is 0 Å². The lowest BCUT2D eigenvalue weighted by Crippen LogP contribution is -2.50. The summed E-state index contributed by atoms with van der Waals surface area (Å²) in [5.74, 6) is 3.81. The molecule has 0 aliphatic heterocycles. The Kier molecular flexibility index (Phi) is 4.83. The van der Waals surface area contributed by atoms with Crippen molar-refractivity contribution >= 4 is 23.3 Å². The van der Waals surface area contributed by atoms with Crippen molar-refractivity contribution in [2.45, 2.75) is 12.1 Å². The van der Waals surface area contributed by atoms with E-state index >= 15 is 0 Å². The summed E-state index contributed by atoms with van der Waals surface area (Å²) in [7, 11) is 0. The molecule has 0 aliphatic rings. The van der Waals surface area contributed by atoms with Crippen LogP contribution in [0.15, 0.2) is 30.3 Å². The van der Waals surface area contributed by atoms with Crippen LogP contribution in [-0.4, -0.2) is 27.3 Å². The van der Waals surface area contributed by atoms with E-state index in [0.717, 1.165) is 0 Å². The number of hydrazine groups is 1. The molecule has 92 valence electrons. The predicted octanol–water partition coefficient (Wildman–Crippen LogP) is -0.489. The van der Waals surface area contributed by atoms with Crippen LogP contribution in [0.3, 0.4) is 0 Å². The lowest BCUT2D eigenvalue weighted by molar-refractivity contribution is -0.142. The number of nitrogens with one attached hydrogen (secondary N) is 2. The largest absolute Gasteiger partial charge is 0.480 e. The molecule has 6 nitrogen and oxygen atoms in total. The highest BCUT2D eigenvalue weighted by atomic mass is 32.1. The smallest absolute Gasteiger partial charge is 0.329 e.